The van der Waals surface area contributed by atoms with Crippen molar-refractivity contribution in [3.63, 3.8) is 0 Å². The Morgan fingerprint density at radius 1 is 0.794 bits per heavy atom. The summed E-state index contributed by atoms with van der Waals surface area (Å²) in [6.07, 6.45) is 2.97. The van der Waals surface area contributed by atoms with E-state index in [1.807, 2.05) is 26.0 Å². The van der Waals surface area contributed by atoms with E-state index >= 15 is 0 Å². The minimum absolute atomic E-state index is 0.164. The molecule has 0 bridgehead atoms. The summed E-state index contributed by atoms with van der Waals surface area (Å²) in [4.78, 5) is 33.5. The van der Waals surface area contributed by atoms with Crippen LogP contribution in [0.15, 0.2) is 55.1 Å². The van der Waals surface area contributed by atoms with Gasteiger partial charge in [-0.05, 0) is 62.1 Å². The molecule has 3 heterocycles. The molecule has 0 saturated carbocycles. The Morgan fingerprint density at radius 2 is 1.26 bits per heavy atom. The number of benzene rings is 2. The number of rotatable bonds is 3. The Kier molecular flexibility index (Phi) is 4.82. The number of aryl methyl sites for hydroxylation is 4. The number of hydrogen-bond acceptors (Lipinski definition) is 7. The Bertz CT molecular complexity index is 1600. The van der Waals surface area contributed by atoms with Gasteiger partial charge in [0.05, 0.1) is 27.8 Å². The van der Waals surface area contributed by atoms with Gasteiger partial charge in [-0.2, -0.15) is 0 Å². The van der Waals surface area contributed by atoms with Gasteiger partial charge < -0.3 is 24.0 Å². The van der Waals surface area contributed by atoms with Gasteiger partial charge in [0.25, 0.3) is 0 Å². The van der Waals surface area contributed by atoms with Crippen molar-refractivity contribution >= 4 is 21.9 Å². The fourth-order valence-corrected chi connectivity index (χ4v) is 4.67. The number of aromatic nitrogens is 2. The van der Waals surface area contributed by atoms with Crippen LogP contribution in [0.1, 0.15) is 45.1 Å². The Balaban J connectivity index is 1.92. The van der Waals surface area contributed by atoms with Gasteiger partial charge >= 0.3 is 11.3 Å². The van der Waals surface area contributed by atoms with Crippen LogP contribution in [0, 0.1) is 27.7 Å². The van der Waals surface area contributed by atoms with Crippen molar-refractivity contribution in [3.8, 4) is 11.5 Å². The zero-order chi connectivity index (χ0) is 24.3. The van der Waals surface area contributed by atoms with Gasteiger partial charge in [-0.1, -0.05) is 12.1 Å². The topological polar surface area (TPSA) is 130 Å². The van der Waals surface area contributed by atoms with E-state index in [-0.39, 0.29) is 39.6 Å². The molecule has 8 nitrogen and oxygen atoms in total. The summed E-state index contributed by atoms with van der Waals surface area (Å²) in [7, 11) is 0. The predicted octanol–water partition coefficient (Wildman–Crippen LogP) is 4.45. The number of hydrogen-bond donors (Lipinski definition) is 3. The van der Waals surface area contributed by atoms with Gasteiger partial charge in [0.15, 0.2) is 0 Å². The minimum atomic E-state index is -1.27. The first-order chi connectivity index (χ1) is 16.2. The predicted molar refractivity (Wildman–Crippen MR) is 127 cm³/mol. The van der Waals surface area contributed by atoms with Crippen LogP contribution in [0.3, 0.4) is 0 Å². The molecule has 0 aliphatic carbocycles. The molecular formula is C26H22N2O6. The number of nitrogens with one attached hydrogen (secondary N) is 1. The molecule has 34 heavy (non-hydrogen) atoms. The van der Waals surface area contributed by atoms with E-state index in [9.17, 15) is 19.8 Å². The third-order valence-electron chi connectivity index (χ3n) is 6.06. The number of aromatic amines is 1. The molecule has 5 aromatic rings. The summed E-state index contributed by atoms with van der Waals surface area (Å²) < 4.78 is 11.2. The molecule has 5 rings (SSSR count). The molecule has 0 radical (unpaired) electrons. The normalized spacial score (nSPS) is 11.7. The highest BCUT2D eigenvalue weighted by molar-refractivity contribution is 5.89. The van der Waals surface area contributed by atoms with E-state index in [0.717, 1.165) is 11.1 Å². The second-order valence-corrected chi connectivity index (χ2v) is 8.63. The molecule has 0 amide bonds. The summed E-state index contributed by atoms with van der Waals surface area (Å²) in [5.41, 5.74) is 1.42. The van der Waals surface area contributed by atoms with Crippen molar-refractivity contribution in [2.75, 3.05) is 0 Å². The van der Waals surface area contributed by atoms with Gasteiger partial charge in [-0.25, -0.2) is 14.6 Å². The monoisotopic (exact) mass is 458 g/mol. The van der Waals surface area contributed by atoms with Crippen LogP contribution >= 0.6 is 0 Å². The number of imidazole rings is 1. The summed E-state index contributed by atoms with van der Waals surface area (Å²) in [5, 5.41) is 23.2. The first-order valence-electron chi connectivity index (χ1n) is 10.7. The molecule has 0 spiro atoms. The number of nitrogens with zero attached hydrogens (tertiary/aromatic N) is 1. The van der Waals surface area contributed by atoms with Crippen molar-refractivity contribution in [1.29, 1.82) is 0 Å². The maximum Gasteiger partial charge on any atom is 0.344 e. The summed E-state index contributed by atoms with van der Waals surface area (Å²) in [6, 6.07) is 7.06. The van der Waals surface area contributed by atoms with Crippen LogP contribution in [0.25, 0.3) is 21.9 Å². The van der Waals surface area contributed by atoms with Crippen LogP contribution in [0.2, 0.25) is 0 Å². The average molecular weight is 458 g/mol. The summed E-state index contributed by atoms with van der Waals surface area (Å²) >= 11 is 0. The maximum absolute atomic E-state index is 13.2. The van der Waals surface area contributed by atoms with Crippen LogP contribution in [-0.2, 0) is 0 Å². The van der Waals surface area contributed by atoms with Gasteiger partial charge in [-0.15, -0.1) is 0 Å². The Morgan fingerprint density at radius 3 is 1.68 bits per heavy atom. The maximum atomic E-state index is 13.2. The summed E-state index contributed by atoms with van der Waals surface area (Å²) in [6.45, 7) is 7.26. The molecule has 0 aliphatic heterocycles. The van der Waals surface area contributed by atoms with Crippen LogP contribution in [0.4, 0.5) is 0 Å². The highest BCUT2D eigenvalue weighted by Crippen LogP contribution is 2.42. The van der Waals surface area contributed by atoms with E-state index < -0.39 is 17.2 Å². The van der Waals surface area contributed by atoms with Gasteiger partial charge in [0.2, 0.25) is 0 Å². The lowest BCUT2D eigenvalue weighted by Crippen LogP contribution is -2.22. The van der Waals surface area contributed by atoms with E-state index in [2.05, 4.69) is 9.97 Å². The lowest BCUT2D eigenvalue weighted by atomic mass is 9.89. The third kappa shape index (κ3) is 3.18. The molecule has 0 saturated heterocycles. The fourth-order valence-electron chi connectivity index (χ4n) is 4.67. The second-order valence-electron chi connectivity index (χ2n) is 8.63. The van der Waals surface area contributed by atoms with Crippen molar-refractivity contribution < 1.29 is 19.0 Å². The molecule has 172 valence electrons. The fraction of sp³-hybridized carbons (Fsp3) is 0.192. The molecule has 2 aromatic carbocycles. The second kappa shape index (κ2) is 7.62. The van der Waals surface area contributed by atoms with Crippen molar-refractivity contribution in [3.05, 3.63) is 96.7 Å². The first-order valence-corrected chi connectivity index (χ1v) is 10.7. The van der Waals surface area contributed by atoms with Gasteiger partial charge in [0, 0.05) is 12.4 Å². The largest absolute Gasteiger partial charge is 0.507 e. The lowest BCUT2D eigenvalue weighted by Gasteiger charge is -2.18. The average Bonchev–Trinajstić information content (AvgIpc) is 3.29. The number of fused-ring (bicyclic) bond motifs is 2. The quantitative estimate of drug-likeness (QED) is 0.341. The highest BCUT2D eigenvalue weighted by Gasteiger charge is 2.34. The van der Waals surface area contributed by atoms with Crippen molar-refractivity contribution in [1.82, 2.24) is 9.97 Å². The van der Waals surface area contributed by atoms with E-state index in [0.29, 0.717) is 21.9 Å². The molecule has 0 aliphatic rings. The minimum Gasteiger partial charge on any atom is -0.507 e. The molecular weight excluding hydrogens is 436 g/mol. The Hall–Kier alpha value is -4.33. The van der Waals surface area contributed by atoms with E-state index in [4.69, 9.17) is 8.83 Å². The molecule has 0 atom stereocenters. The Labute approximate surface area is 193 Å². The van der Waals surface area contributed by atoms with E-state index in [1.165, 1.54) is 12.4 Å². The van der Waals surface area contributed by atoms with Crippen LogP contribution in [0.5, 0.6) is 11.5 Å². The number of H-pyrrole nitrogens is 1. The molecule has 3 aromatic heterocycles. The summed E-state index contributed by atoms with van der Waals surface area (Å²) in [5.74, 6) is -1.80. The van der Waals surface area contributed by atoms with Crippen molar-refractivity contribution in [2.24, 2.45) is 0 Å². The molecule has 0 unspecified atom stereocenters. The number of aromatic hydroxyl groups is 2. The van der Waals surface area contributed by atoms with Gasteiger partial charge in [-0.3, -0.25) is 0 Å². The zero-order valence-electron chi connectivity index (χ0n) is 19.0. The van der Waals surface area contributed by atoms with E-state index in [1.54, 1.807) is 26.0 Å². The zero-order valence-corrected chi connectivity index (χ0v) is 19.0. The highest BCUT2D eigenvalue weighted by atomic mass is 16.4. The van der Waals surface area contributed by atoms with Crippen LogP contribution < -0.4 is 11.3 Å². The van der Waals surface area contributed by atoms with Crippen LogP contribution in [-0.4, -0.2) is 20.2 Å². The molecule has 8 heteroatoms. The van der Waals surface area contributed by atoms with Gasteiger partial charge in [0.1, 0.15) is 28.5 Å². The van der Waals surface area contributed by atoms with Crippen molar-refractivity contribution in [2.45, 2.75) is 33.6 Å². The standard InChI is InChI=1S/C26H22N2O6/c1-11-7-13(3)22-15(9-11)20(29)18(25(31)33-22)17(24-27-5-6-28-24)19-21(30)16-10-12(2)8-14(4)23(16)34-26(19)32/h5-10,17,29-30H,1-4H3,(H,27,28). The smallest absolute Gasteiger partial charge is 0.344 e. The lowest BCUT2D eigenvalue weighted by molar-refractivity contribution is 0.439. The first kappa shape index (κ1) is 21.5. The molecule has 3 N–H and O–H groups in total. The third-order valence-corrected chi connectivity index (χ3v) is 6.06. The SMILES string of the molecule is Cc1cc(C)c2oc(=O)c(C(c3ncc[nH]3)c3c(O)c4cc(C)cc(C)c4oc3=O)c(O)c2c1. The molecule has 0 fully saturated rings.